The second-order valence-corrected chi connectivity index (χ2v) is 6.94. The molecule has 1 aromatic heterocycles. The van der Waals surface area contributed by atoms with Crippen molar-refractivity contribution in [2.24, 2.45) is 0 Å². The van der Waals surface area contributed by atoms with Gasteiger partial charge < -0.3 is 19.8 Å². The van der Waals surface area contributed by atoms with Gasteiger partial charge in [-0.25, -0.2) is 9.18 Å². The Morgan fingerprint density at radius 1 is 1.31 bits per heavy atom. The second-order valence-electron chi connectivity index (χ2n) is 6.94. The third-order valence-corrected chi connectivity index (χ3v) is 3.46. The van der Waals surface area contributed by atoms with Crippen molar-refractivity contribution in [2.75, 3.05) is 13.2 Å². The van der Waals surface area contributed by atoms with Crippen molar-refractivity contribution in [1.82, 2.24) is 10.3 Å². The Balaban J connectivity index is 1.97. The van der Waals surface area contributed by atoms with Gasteiger partial charge in [0.05, 0.1) is 6.33 Å². The number of H-pyrrole nitrogens is 1. The van der Waals surface area contributed by atoms with Gasteiger partial charge in [-0.3, -0.25) is 4.79 Å². The molecule has 0 radical (unpaired) electrons. The van der Waals surface area contributed by atoms with Crippen LogP contribution in [0.2, 0.25) is 0 Å². The van der Waals surface area contributed by atoms with E-state index in [1.54, 1.807) is 39.0 Å². The zero-order chi connectivity index (χ0) is 19.3. The monoisotopic (exact) mass is 362 g/mol. The number of carbonyl (C=O) groups is 1. The Labute approximate surface area is 151 Å². The zero-order valence-corrected chi connectivity index (χ0v) is 15.3. The number of nitrogens with one attached hydrogen (secondary N) is 2. The standard InChI is InChI=1S/C19H23FN2O4/c1-12-7-17(23)22-16-6-5-14(8-15(12)16)25-11-13(9-20)10-21-18(24)26-19(2,3)4/h5-9H,10-11H2,1-4H3,(H,21,24)(H,22,23)/b13-9-. The lowest BCUT2D eigenvalue weighted by molar-refractivity contribution is 0.0531. The van der Waals surface area contributed by atoms with Crippen molar-refractivity contribution in [2.45, 2.75) is 33.3 Å². The molecule has 2 N–H and O–H groups in total. The van der Waals surface area contributed by atoms with Crippen molar-refractivity contribution in [3.63, 3.8) is 0 Å². The normalized spacial score (nSPS) is 12.1. The van der Waals surface area contributed by atoms with Gasteiger partial charge in [0.2, 0.25) is 5.56 Å². The Morgan fingerprint density at radius 3 is 2.69 bits per heavy atom. The first-order chi connectivity index (χ1) is 12.2. The van der Waals surface area contributed by atoms with E-state index in [2.05, 4.69) is 10.3 Å². The van der Waals surface area contributed by atoms with Crippen LogP contribution in [0.1, 0.15) is 26.3 Å². The predicted octanol–water partition coefficient (Wildman–Crippen LogP) is 3.59. The number of ether oxygens (including phenoxy) is 2. The molecular formula is C19H23FN2O4. The Hall–Kier alpha value is -2.83. The van der Waals surface area contributed by atoms with Crippen molar-refractivity contribution < 1.29 is 18.7 Å². The molecule has 0 saturated heterocycles. The molecular weight excluding hydrogens is 339 g/mol. The first-order valence-electron chi connectivity index (χ1n) is 8.19. The first kappa shape index (κ1) is 19.5. The highest BCUT2D eigenvalue weighted by molar-refractivity contribution is 5.83. The summed E-state index contributed by atoms with van der Waals surface area (Å²) in [6.45, 7) is 7.02. The number of alkyl carbamates (subject to hydrolysis) is 1. The third kappa shape index (κ3) is 5.61. The third-order valence-electron chi connectivity index (χ3n) is 3.46. The van der Waals surface area contributed by atoms with Gasteiger partial charge in [-0.15, -0.1) is 0 Å². The van der Waals surface area contributed by atoms with Crippen LogP contribution < -0.4 is 15.6 Å². The largest absolute Gasteiger partial charge is 0.489 e. The topological polar surface area (TPSA) is 80.4 Å². The molecule has 1 amide bonds. The predicted molar refractivity (Wildman–Crippen MR) is 98.2 cm³/mol. The smallest absolute Gasteiger partial charge is 0.407 e. The number of carbonyl (C=O) groups excluding carboxylic acids is 1. The molecule has 2 rings (SSSR count). The fraction of sp³-hybridized carbons (Fsp3) is 0.368. The summed E-state index contributed by atoms with van der Waals surface area (Å²) in [7, 11) is 0. The number of amides is 1. The van der Waals surface area contributed by atoms with Crippen LogP contribution in [-0.2, 0) is 4.74 Å². The van der Waals surface area contributed by atoms with Crippen molar-refractivity contribution in [3.8, 4) is 5.75 Å². The van der Waals surface area contributed by atoms with E-state index in [0.717, 1.165) is 10.9 Å². The van der Waals surface area contributed by atoms with Gasteiger partial charge in [-0.2, -0.15) is 0 Å². The molecule has 7 heteroatoms. The van der Waals surface area contributed by atoms with Gasteiger partial charge in [0, 0.05) is 29.1 Å². The average molecular weight is 362 g/mol. The van der Waals surface area contributed by atoms with Crippen LogP contribution >= 0.6 is 0 Å². The minimum atomic E-state index is -0.623. The Kier molecular flexibility index (Phi) is 6.02. The number of benzene rings is 1. The van der Waals surface area contributed by atoms with E-state index in [9.17, 15) is 14.0 Å². The average Bonchev–Trinajstić information content (AvgIpc) is 2.53. The van der Waals surface area contributed by atoms with Crippen molar-refractivity contribution in [3.05, 3.63) is 52.1 Å². The fourth-order valence-corrected chi connectivity index (χ4v) is 2.29. The molecule has 1 aromatic carbocycles. The molecule has 6 nitrogen and oxygen atoms in total. The number of halogens is 1. The Bertz CT molecular complexity index is 881. The van der Waals surface area contributed by atoms with E-state index >= 15 is 0 Å². The highest BCUT2D eigenvalue weighted by Crippen LogP contribution is 2.21. The number of hydrogen-bond donors (Lipinski definition) is 2. The van der Waals surface area contributed by atoms with Gasteiger partial charge in [0.1, 0.15) is 18.0 Å². The van der Waals surface area contributed by atoms with Crippen molar-refractivity contribution in [1.29, 1.82) is 0 Å². The van der Waals surface area contributed by atoms with Gasteiger partial charge in [-0.05, 0) is 51.5 Å². The number of pyridine rings is 1. The van der Waals surface area contributed by atoms with E-state index in [0.29, 0.717) is 17.6 Å². The molecule has 0 aliphatic carbocycles. The summed E-state index contributed by atoms with van der Waals surface area (Å²) < 4.78 is 23.7. The molecule has 1 heterocycles. The zero-order valence-electron chi connectivity index (χ0n) is 15.3. The lowest BCUT2D eigenvalue weighted by Crippen LogP contribution is -2.34. The van der Waals surface area contributed by atoms with Crippen LogP contribution in [0.25, 0.3) is 10.9 Å². The molecule has 26 heavy (non-hydrogen) atoms. The summed E-state index contributed by atoms with van der Waals surface area (Å²) in [4.78, 5) is 25.8. The van der Waals surface area contributed by atoms with Gasteiger partial charge in [0.25, 0.3) is 0 Å². The summed E-state index contributed by atoms with van der Waals surface area (Å²) in [5.74, 6) is 0.532. The Morgan fingerprint density at radius 2 is 2.04 bits per heavy atom. The summed E-state index contributed by atoms with van der Waals surface area (Å²) in [5.41, 5.74) is 0.996. The molecule has 0 saturated carbocycles. The van der Waals surface area contributed by atoms with E-state index in [1.165, 1.54) is 6.07 Å². The van der Waals surface area contributed by atoms with E-state index in [4.69, 9.17) is 9.47 Å². The minimum absolute atomic E-state index is 0.0225. The number of aryl methyl sites for hydroxylation is 1. The highest BCUT2D eigenvalue weighted by atomic mass is 19.1. The summed E-state index contributed by atoms with van der Waals surface area (Å²) in [6, 6.07) is 6.70. The maximum atomic E-state index is 13.0. The molecule has 0 atom stereocenters. The number of hydrogen-bond acceptors (Lipinski definition) is 4. The van der Waals surface area contributed by atoms with E-state index < -0.39 is 11.7 Å². The maximum absolute atomic E-state index is 13.0. The maximum Gasteiger partial charge on any atom is 0.407 e. The highest BCUT2D eigenvalue weighted by Gasteiger charge is 2.16. The number of fused-ring (bicyclic) bond motifs is 1. The molecule has 0 aliphatic heterocycles. The summed E-state index contributed by atoms with van der Waals surface area (Å²) in [6.07, 6.45) is -0.219. The molecule has 2 aromatic rings. The molecule has 0 fully saturated rings. The lowest BCUT2D eigenvalue weighted by atomic mass is 10.1. The van der Waals surface area contributed by atoms with Gasteiger partial charge >= 0.3 is 6.09 Å². The first-order valence-corrected chi connectivity index (χ1v) is 8.19. The van der Waals surface area contributed by atoms with Crippen LogP contribution in [0, 0.1) is 6.92 Å². The molecule has 0 unspecified atom stereocenters. The second kappa shape index (κ2) is 8.03. The lowest BCUT2D eigenvalue weighted by Gasteiger charge is -2.20. The van der Waals surface area contributed by atoms with E-state index in [1.807, 2.05) is 6.92 Å². The van der Waals surface area contributed by atoms with Crippen LogP contribution in [-0.4, -0.2) is 29.8 Å². The number of rotatable bonds is 5. The van der Waals surface area contributed by atoms with Gasteiger partial charge in [-0.1, -0.05) is 0 Å². The molecule has 0 spiro atoms. The van der Waals surface area contributed by atoms with Crippen LogP contribution in [0.4, 0.5) is 9.18 Å². The fourth-order valence-electron chi connectivity index (χ4n) is 2.29. The SMILES string of the molecule is Cc1cc(=O)[nH]c2ccc(OC/C(=C\F)CNC(=O)OC(C)(C)C)cc12. The molecule has 140 valence electrons. The van der Waals surface area contributed by atoms with Crippen molar-refractivity contribution >= 4 is 17.0 Å². The number of aromatic amines is 1. The minimum Gasteiger partial charge on any atom is -0.489 e. The van der Waals surface area contributed by atoms with Gasteiger partial charge in [0.15, 0.2) is 0 Å². The summed E-state index contributed by atoms with van der Waals surface area (Å²) in [5, 5.41) is 3.33. The summed E-state index contributed by atoms with van der Waals surface area (Å²) >= 11 is 0. The number of aromatic nitrogens is 1. The van der Waals surface area contributed by atoms with Crippen LogP contribution in [0.15, 0.2) is 41.0 Å². The van der Waals surface area contributed by atoms with Crippen LogP contribution in [0.5, 0.6) is 5.75 Å². The molecule has 0 aliphatic rings. The molecule has 0 bridgehead atoms. The van der Waals surface area contributed by atoms with Crippen LogP contribution in [0.3, 0.4) is 0 Å². The quantitative estimate of drug-likeness (QED) is 0.852. The van der Waals surface area contributed by atoms with E-state index in [-0.39, 0.29) is 24.3 Å².